The zero-order valence-corrected chi connectivity index (χ0v) is 13.3. The van der Waals surface area contributed by atoms with Crippen molar-refractivity contribution in [3.63, 3.8) is 0 Å². The van der Waals surface area contributed by atoms with Crippen LogP contribution in [0.5, 0.6) is 0 Å². The highest BCUT2D eigenvalue weighted by atomic mass is 16.6. The minimum Gasteiger partial charge on any atom is -0.467 e. The van der Waals surface area contributed by atoms with Gasteiger partial charge in [0.2, 0.25) is 0 Å². The Morgan fingerprint density at radius 2 is 1.90 bits per heavy atom. The number of allylic oxidation sites excluding steroid dienone is 1. The van der Waals surface area contributed by atoms with Crippen LogP contribution in [0, 0.1) is 0 Å². The van der Waals surface area contributed by atoms with E-state index in [0.717, 1.165) is 5.57 Å². The van der Waals surface area contributed by atoms with Crippen molar-refractivity contribution < 1.29 is 19.1 Å². The smallest absolute Gasteiger partial charge is 0.411 e. The number of hydrogen-bond acceptors (Lipinski definition) is 4. The van der Waals surface area contributed by atoms with Gasteiger partial charge in [0.05, 0.1) is 7.11 Å². The maximum Gasteiger partial charge on any atom is 0.411 e. The van der Waals surface area contributed by atoms with Crippen LogP contribution >= 0.6 is 0 Å². The van der Waals surface area contributed by atoms with Crippen molar-refractivity contribution in [3.05, 3.63) is 11.6 Å². The van der Waals surface area contributed by atoms with Gasteiger partial charge in [-0.05, 0) is 47.5 Å². The summed E-state index contributed by atoms with van der Waals surface area (Å²) in [4.78, 5) is 25.8. The number of carbonyl (C=O) groups excluding carboxylic acids is 2. The Balaban J connectivity index is 2.93. The molecule has 1 aliphatic heterocycles. The van der Waals surface area contributed by atoms with Crippen molar-refractivity contribution in [2.24, 2.45) is 0 Å². The van der Waals surface area contributed by atoms with E-state index in [2.05, 4.69) is 0 Å². The lowest BCUT2D eigenvalue weighted by atomic mass is 9.81. The SMILES string of the molecule is COC(=O)C1(CC=C(C)C)CCN1C(=O)OC(C)(C)C. The Morgan fingerprint density at radius 3 is 2.25 bits per heavy atom. The molecule has 1 atom stereocenters. The molecular weight excluding hydrogens is 258 g/mol. The molecule has 0 N–H and O–H groups in total. The fraction of sp³-hybridized carbons (Fsp3) is 0.733. The van der Waals surface area contributed by atoms with Gasteiger partial charge in [0.1, 0.15) is 11.1 Å². The van der Waals surface area contributed by atoms with Crippen LogP contribution in [0.25, 0.3) is 0 Å². The van der Waals surface area contributed by atoms with Crippen molar-refractivity contribution in [1.82, 2.24) is 4.90 Å². The van der Waals surface area contributed by atoms with Crippen molar-refractivity contribution in [3.8, 4) is 0 Å². The second kappa shape index (κ2) is 5.85. The molecule has 20 heavy (non-hydrogen) atoms. The maximum atomic E-state index is 12.2. The molecule has 1 aliphatic rings. The van der Waals surface area contributed by atoms with Crippen LogP contribution in [-0.2, 0) is 14.3 Å². The number of nitrogens with zero attached hydrogens (tertiary/aromatic N) is 1. The molecule has 0 spiro atoms. The molecule has 1 unspecified atom stereocenters. The van der Waals surface area contributed by atoms with E-state index in [9.17, 15) is 9.59 Å². The minimum atomic E-state index is -0.908. The first kappa shape index (κ1) is 16.5. The first-order chi connectivity index (χ1) is 9.12. The summed E-state index contributed by atoms with van der Waals surface area (Å²) in [5, 5.41) is 0. The number of rotatable bonds is 3. The standard InChI is InChI=1S/C15H25NO4/c1-11(2)7-8-15(12(17)19-6)9-10-16(15)13(18)20-14(3,4)5/h7H,8-10H2,1-6H3. The third-order valence-electron chi connectivity index (χ3n) is 3.29. The lowest BCUT2D eigenvalue weighted by Gasteiger charge is -2.49. The van der Waals surface area contributed by atoms with Gasteiger partial charge in [-0.1, -0.05) is 11.6 Å². The molecule has 0 aliphatic carbocycles. The highest BCUT2D eigenvalue weighted by molar-refractivity contribution is 5.88. The molecule has 0 aromatic rings. The average Bonchev–Trinajstić information content (AvgIpc) is 2.24. The van der Waals surface area contributed by atoms with Crippen LogP contribution in [0.2, 0.25) is 0 Å². The molecule has 1 fully saturated rings. The van der Waals surface area contributed by atoms with Crippen LogP contribution in [0.1, 0.15) is 47.5 Å². The van der Waals surface area contributed by atoms with E-state index in [1.807, 2.05) is 19.9 Å². The molecule has 1 heterocycles. The van der Waals surface area contributed by atoms with E-state index in [0.29, 0.717) is 19.4 Å². The molecule has 1 amide bonds. The summed E-state index contributed by atoms with van der Waals surface area (Å²) in [6.07, 6.45) is 2.55. The van der Waals surface area contributed by atoms with Crippen LogP contribution in [0.15, 0.2) is 11.6 Å². The van der Waals surface area contributed by atoms with Gasteiger partial charge in [0.25, 0.3) is 0 Å². The minimum absolute atomic E-state index is 0.382. The second-order valence-corrected chi connectivity index (χ2v) is 6.39. The Morgan fingerprint density at radius 1 is 1.30 bits per heavy atom. The van der Waals surface area contributed by atoms with E-state index >= 15 is 0 Å². The predicted molar refractivity (Wildman–Crippen MR) is 76.4 cm³/mol. The summed E-state index contributed by atoms with van der Waals surface area (Å²) in [5.41, 5.74) is -0.385. The summed E-state index contributed by atoms with van der Waals surface area (Å²) in [5.74, 6) is -0.382. The molecule has 0 aromatic heterocycles. The van der Waals surface area contributed by atoms with Gasteiger partial charge in [-0.2, -0.15) is 0 Å². The van der Waals surface area contributed by atoms with E-state index < -0.39 is 17.2 Å². The van der Waals surface area contributed by atoms with Crippen LogP contribution in [0.4, 0.5) is 4.79 Å². The topological polar surface area (TPSA) is 55.8 Å². The number of ether oxygens (including phenoxy) is 2. The van der Waals surface area contributed by atoms with Crippen molar-refractivity contribution in [2.75, 3.05) is 13.7 Å². The summed E-state index contributed by atoms with van der Waals surface area (Å²) >= 11 is 0. The monoisotopic (exact) mass is 283 g/mol. The first-order valence-electron chi connectivity index (χ1n) is 6.85. The van der Waals surface area contributed by atoms with E-state index in [1.165, 1.54) is 12.0 Å². The quantitative estimate of drug-likeness (QED) is 0.590. The molecule has 1 rings (SSSR count). The lowest BCUT2D eigenvalue weighted by molar-refractivity contribution is -0.163. The van der Waals surface area contributed by atoms with E-state index in [4.69, 9.17) is 9.47 Å². The maximum absolute atomic E-state index is 12.2. The largest absolute Gasteiger partial charge is 0.467 e. The zero-order chi connectivity index (χ0) is 15.6. The molecule has 114 valence electrons. The van der Waals surface area contributed by atoms with Gasteiger partial charge < -0.3 is 9.47 Å². The van der Waals surface area contributed by atoms with Crippen LogP contribution < -0.4 is 0 Å². The first-order valence-corrected chi connectivity index (χ1v) is 6.85. The Hall–Kier alpha value is -1.52. The zero-order valence-electron chi connectivity index (χ0n) is 13.3. The predicted octanol–water partition coefficient (Wildman–Crippen LogP) is 2.90. The van der Waals surface area contributed by atoms with Gasteiger partial charge in [-0.3, -0.25) is 4.90 Å². The summed E-state index contributed by atoms with van der Waals surface area (Å²) in [6.45, 7) is 9.85. The Bertz CT molecular complexity index is 418. The number of methoxy groups -OCH3 is 1. The van der Waals surface area contributed by atoms with E-state index in [-0.39, 0.29) is 5.97 Å². The van der Waals surface area contributed by atoms with E-state index in [1.54, 1.807) is 20.8 Å². The molecule has 5 nitrogen and oxygen atoms in total. The van der Waals surface area contributed by atoms with Crippen molar-refractivity contribution in [2.45, 2.75) is 58.6 Å². The third-order valence-corrected chi connectivity index (χ3v) is 3.29. The number of carbonyl (C=O) groups is 2. The lowest BCUT2D eigenvalue weighted by Crippen LogP contribution is -2.67. The van der Waals surface area contributed by atoms with Gasteiger partial charge in [0.15, 0.2) is 0 Å². The molecule has 1 saturated heterocycles. The molecule has 0 bridgehead atoms. The van der Waals surface area contributed by atoms with Crippen molar-refractivity contribution in [1.29, 1.82) is 0 Å². The highest BCUT2D eigenvalue weighted by Gasteiger charge is 2.54. The Kier molecular flexibility index (Phi) is 4.84. The normalized spacial score (nSPS) is 21.8. The van der Waals surface area contributed by atoms with Gasteiger partial charge >= 0.3 is 12.1 Å². The van der Waals surface area contributed by atoms with Gasteiger partial charge in [-0.25, -0.2) is 9.59 Å². The molecule has 0 saturated carbocycles. The van der Waals surface area contributed by atoms with Crippen LogP contribution in [-0.4, -0.2) is 41.8 Å². The van der Waals surface area contributed by atoms with Crippen molar-refractivity contribution >= 4 is 12.1 Å². The third kappa shape index (κ3) is 3.52. The summed E-state index contributed by atoms with van der Waals surface area (Å²) < 4.78 is 10.2. The fourth-order valence-electron chi connectivity index (χ4n) is 2.15. The second-order valence-electron chi connectivity index (χ2n) is 6.39. The van der Waals surface area contributed by atoms with Crippen LogP contribution in [0.3, 0.4) is 0 Å². The number of amides is 1. The average molecular weight is 283 g/mol. The Labute approximate surface area is 120 Å². The molecular formula is C15H25NO4. The highest BCUT2D eigenvalue weighted by Crippen LogP contribution is 2.37. The molecule has 5 heteroatoms. The number of esters is 1. The molecule has 0 radical (unpaired) electrons. The summed E-state index contributed by atoms with van der Waals surface area (Å²) in [6, 6.07) is 0. The fourth-order valence-corrected chi connectivity index (χ4v) is 2.15. The number of hydrogen-bond donors (Lipinski definition) is 0. The number of likely N-dealkylation sites (tertiary alicyclic amines) is 1. The summed E-state index contributed by atoms with van der Waals surface area (Å²) in [7, 11) is 1.35. The van der Waals surface area contributed by atoms with Gasteiger partial charge in [0, 0.05) is 6.54 Å². The van der Waals surface area contributed by atoms with Gasteiger partial charge in [-0.15, -0.1) is 0 Å². The molecule has 0 aromatic carbocycles.